The molecule has 0 fully saturated rings. The lowest BCUT2D eigenvalue weighted by Gasteiger charge is -2.10. The van der Waals surface area contributed by atoms with Gasteiger partial charge in [0, 0.05) is 18.8 Å². The summed E-state index contributed by atoms with van der Waals surface area (Å²) in [5.41, 5.74) is 0. The predicted molar refractivity (Wildman–Crippen MR) is 69.2 cm³/mol. The highest BCUT2D eigenvalue weighted by Gasteiger charge is 2.18. The van der Waals surface area contributed by atoms with Crippen molar-refractivity contribution >= 4 is 17.3 Å². The highest BCUT2D eigenvalue weighted by molar-refractivity contribution is 6.00. The van der Waals surface area contributed by atoms with E-state index in [1.165, 1.54) is 6.92 Å². The lowest BCUT2D eigenvalue weighted by atomic mass is 9.94. The van der Waals surface area contributed by atoms with Crippen LogP contribution < -0.4 is 0 Å². The fourth-order valence-corrected chi connectivity index (χ4v) is 1.78. The second-order valence-corrected chi connectivity index (χ2v) is 4.97. The van der Waals surface area contributed by atoms with Crippen molar-refractivity contribution in [2.45, 2.75) is 65.4 Å². The molecular weight excluding hydrogens is 232 g/mol. The quantitative estimate of drug-likeness (QED) is 0.607. The van der Waals surface area contributed by atoms with Gasteiger partial charge in [0.2, 0.25) is 0 Å². The summed E-state index contributed by atoms with van der Waals surface area (Å²) >= 11 is 0. The molecule has 0 aliphatic rings. The molecule has 0 aliphatic carbocycles. The Morgan fingerprint density at radius 1 is 1.17 bits per heavy atom. The standard InChI is InChI=1S/C14H24O4/c1-4-5-12(16)6-7-13(17)8-10(2)14(18)9-11(3)15/h10,12,16H,4-9H2,1-3H3. The van der Waals surface area contributed by atoms with Gasteiger partial charge in [0.25, 0.3) is 0 Å². The summed E-state index contributed by atoms with van der Waals surface area (Å²) in [6.45, 7) is 5.02. The molecule has 0 radical (unpaired) electrons. The van der Waals surface area contributed by atoms with Crippen LogP contribution in [0.2, 0.25) is 0 Å². The van der Waals surface area contributed by atoms with E-state index in [-0.39, 0.29) is 30.2 Å². The normalized spacial score (nSPS) is 14.0. The maximum atomic E-state index is 11.6. The van der Waals surface area contributed by atoms with Gasteiger partial charge in [0.05, 0.1) is 12.5 Å². The van der Waals surface area contributed by atoms with Crippen molar-refractivity contribution in [2.75, 3.05) is 0 Å². The van der Waals surface area contributed by atoms with E-state index in [0.29, 0.717) is 19.3 Å². The summed E-state index contributed by atoms with van der Waals surface area (Å²) in [5, 5.41) is 9.50. The molecule has 0 aromatic carbocycles. The van der Waals surface area contributed by atoms with Crippen LogP contribution in [0.4, 0.5) is 0 Å². The molecule has 0 saturated heterocycles. The van der Waals surface area contributed by atoms with Gasteiger partial charge in [-0.3, -0.25) is 14.4 Å². The number of Topliss-reactive ketones (excluding diaryl/α,β-unsaturated/α-hetero) is 3. The Hall–Kier alpha value is -1.03. The van der Waals surface area contributed by atoms with E-state index < -0.39 is 12.0 Å². The number of carbonyl (C=O) groups is 3. The molecule has 0 spiro atoms. The van der Waals surface area contributed by atoms with Gasteiger partial charge in [-0.1, -0.05) is 20.3 Å². The van der Waals surface area contributed by atoms with E-state index in [4.69, 9.17) is 0 Å². The van der Waals surface area contributed by atoms with E-state index in [2.05, 4.69) is 0 Å². The summed E-state index contributed by atoms with van der Waals surface area (Å²) in [5.74, 6) is -0.762. The Morgan fingerprint density at radius 2 is 1.78 bits per heavy atom. The van der Waals surface area contributed by atoms with Gasteiger partial charge in [-0.2, -0.15) is 0 Å². The first-order chi connectivity index (χ1) is 8.36. The van der Waals surface area contributed by atoms with Crippen LogP contribution in [0.1, 0.15) is 59.3 Å². The van der Waals surface area contributed by atoms with Gasteiger partial charge in [-0.15, -0.1) is 0 Å². The zero-order valence-electron chi connectivity index (χ0n) is 11.6. The molecule has 104 valence electrons. The summed E-state index contributed by atoms with van der Waals surface area (Å²) in [6, 6.07) is 0. The van der Waals surface area contributed by atoms with Crippen molar-refractivity contribution in [2.24, 2.45) is 5.92 Å². The highest BCUT2D eigenvalue weighted by atomic mass is 16.3. The van der Waals surface area contributed by atoms with Crippen molar-refractivity contribution in [3.63, 3.8) is 0 Å². The Bertz CT molecular complexity index is 296. The number of rotatable bonds is 10. The second kappa shape index (κ2) is 8.97. The van der Waals surface area contributed by atoms with Crippen LogP contribution in [0.3, 0.4) is 0 Å². The van der Waals surface area contributed by atoms with Crippen LogP contribution in [0.15, 0.2) is 0 Å². The van der Waals surface area contributed by atoms with Crippen molar-refractivity contribution in [3.05, 3.63) is 0 Å². The maximum Gasteiger partial charge on any atom is 0.143 e. The van der Waals surface area contributed by atoms with Crippen molar-refractivity contribution in [1.29, 1.82) is 0 Å². The molecule has 4 nitrogen and oxygen atoms in total. The first-order valence-electron chi connectivity index (χ1n) is 6.58. The SMILES string of the molecule is CCCC(O)CCC(=O)CC(C)C(=O)CC(C)=O. The molecule has 4 heteroatoms. The van der Waals surface area contributed by atoms with E-state index in [1.54, 1.807) is 6.92 Å². The third kappa shape index (κ3) is 8.12. The third-order valence-corrected chi connectivity index (χ3v) is 2.88. The summed E-state index contributed by atoms with van der Waals surface area (Å²) in [4.78, 5) is 33.9. The molecule has 1 N–H and O–H groups in total. The van der Waals surface area contributed by atoms with E-state index in [1.807, 2.05) is 6.92 Å². The van der Waals surface area contributed by atoms with Crippen LogP contribution >= 0.6 is 0 Å². The van der Waals surface area contributed by atoms with Crippen LogP contribution in [0, 0.1) is 5.92 Å². The zero-order chi connectivity index (χ0) is 14.1. The Labute approximate surface area is 109 Å². The Kier molecular flexibility index (Phi) is 8.46. The molecule has 2 unspecified atom stereocenters. The first-order valence-corrected chi connectivity index (χ1v) is 6.58. The third-order valence-electron chi connectivity index (χ3n) is 2.88. The van der Waals surface area contributed by atoms with Crippen LogP contribution in [-0.2, 0) is 14.4 Å². The minimum Gasteiger partial charge on any atom is -0.393 e. The van der Waals surface area contributed by atoms with Gasteiger partial charge in [0.15, 0.2) is 0 Å². The van der Waals surface area contributed by atoms with Gasteiger partial charge >= 0.3 is 0 Å². The fourth-order valence-electron chi connectivity index (χ4n) is 1.78. The summed E-state index contributed by atoms with van der Waals surface area (Å²) in [6.07, 6.45) is 2.01. The van der Waals surface area contributed by atoms with E-state index >= 15 is 0 Å². The van der Waals surface area contributed by atoms with Gasteiger partial charge in [-0.05, 0) is 19.8 Å². The average Bonchev–Trinajstić information content (AvgIpc) is 2.25. The largest absolute Gasteiger partial charge is 0.393 e. The van der Waals surface area contributed by atoms with Crippen molar-refractivity contribution in [1.82, 2.24) is 0 Å². The van der Waals surface area contributed by atoms with Crippen molar-refractivity contribution in [3.8, 4) is 0 Å². The van der Waals surface area contributed by atoms with E-state index in [0.717, 1.165) is 6.42 Å². The van der Waals surface area contributed by atoms with Crippen LogP contribution in [-0.4, -0.2) is 28.6 Å². The average molecular weight is 256 g/mol. The van der Waals surface area contributed by atoms with Gasteiger partial charge in [0.1, 0.15) is 17.3 Å². The smallest absolute Gasteiger partial charge is 0.143 e. The molecule has 0 rings (SSSR count). The number of aliphatic hydroxyl groups is 1. The lowest BCUT2D eigenvalue weighted by Crippen LogP contribution is -2.18. The van der Waals surface area contributed by atoms with Crippen LogP contribution in [0.25, 0.3) is 0 Å². The minimum absolute atomic E-state index is 0.0189. The minimum atomic E-state index is -0.429. The molecule has 0 aromatic heterocycles. The number of hydrogen-bond acceptors (Lipinski definition) is 4. The molecule has 18 heavy (non-hydrogen) atoms. The van der Waals surface area contributed by atoms with E-state index in [9.17, 15) is 19.5 Å². The van der Waals surface area contributed by atoms with Crippen molar-refractivity contribution < 1.29 is 19.5 Å². The Balaban J connectivity index is 3.93. The zero-order valence-corrected chi connectivity index (χ0v) is 11.6. The number of hydrogen-bond donors (Lipinski definition) is 1. The molecule has 0 amide bonds. The maximum absolute atomic E-state index is 11.6. The summed E-state index contributed by atoms with van der Waals surface area (Å²) in [7, 11) is 0. The lowest BCUT2D eigenvalue weighted by molar-refractivity contribution is -0.131. The molecular formula is C14H24O4. The number of carbonyl (C=O) groups excluding carboxylic acids is 3. The molecule has 0 saturated carbocycles. The topological polar surface area (TPSA) is 71.4 Å². The van der Waals surface area contributed by atoms with Gasteiger partial charge in [-0.25, -0.2) is 0 Å². The molecule has 0 heterocycles. The predicted octanol–water partition coefficient (Wildman–Crippen LogP) is 2.07. The second-order valence-electron chi connectivity index (χ2n) is 4.97. The summed E-state index contributed by atoms with van der Waals surface area (Å²) < 4.78 is 0. The first kappa shape index (κ1) is 17.0. The fraction of sp³-hybridized carbons (Fsp3) is 0.786. The van der Waals surface area contributed by atoms with Crippen LogP contribution in [0.5, 0.6) is 0 Å². The Morgan fingerprint density at radius 3 is 2.28 bits per heavy atom. The number of ketones is 3. The molecule has 0 bridgehead atoms. The monoisotopic (exact) mass is 256 g/mol. The molecule has 0 aromatic rings. The van der Waals surface area contributed by atoms with Gasteiger partial charge < -0.3 is 5.11 Å². The number of aliphatic hydroxyl groups excluding tert-OH is 1. The molecule has 2 atom stereocenters. The molecule has 0 aliphatic heterocycles. The highest BCUT2D eigenvalue weighted by Crippen LogP contribution is 2.12.